The van der Waals surface area contributed by atoms with Crippen molar-refractivity contribution in [3.8, 4) is 0 Å². The maximum atomic E-state index is 12.3. The van der Waals surface area contributed by atoms with Gasteiger partial charge in [0.2, 0.25) is 5.91 Å². The summed E-state index contributed by atoms with van der Waals surface area (Å²) in [6.07, 6.45) is 2.19. The average Bonchev–Trinajstić information content (AvgIpc) is 2.70. The molecule has 2 aliphatic rings. The van der Waals surface area contributed by atoms with E-state index in [1.54, 1.807) is 0 Å². The van der Waals surface area contributed by atoms with Crippen LogP contribution in [0.4, 0.5) is 0 Å². The van der Waals surface area contributed by atoms with E-state index in [4.69, 9.17) is 0 Å². The molecule has 0 aliphatic carbocycles. The van der Waals surface area contributed by atoms with Gasteiger partial charge in [-0.3, -0.25) is 4.79 Å². The molecule has 0 aromatic heterocycles. The Morgan fingerprint density at radius 3 is 2.83 bits per heavy atom. The molecule has 1 amide bonds. The lowest BCUT2D eigenvalue weighted by Crippen LogP contribution is -2.41. The minimum absolute atomic E-state index is 0.226. The minimum Gasteiger partial charge on any atom is -0.336 e. The number of likely N-dealkylation sites (tertiary alicyclic amines) is 1. The number of carbonyl (C=O) groups is 1. The Labute approximate surface area is 108 Å². The van der Waals surface area contributed by atoms with Crippen molar-refractivity contribution in [3.05, 3.63) is 35.4 Å². The van der Waals surface area contributed by atoms with Gasteiger partial charge in [-0.1, -0.05) is 29.8 Å². The van der Waals surface area contributed by atoms with Gasteiger partial charge in [0.05, 0.1) is 5.92 Å². The summed E-state index contributed by atoms with van der Waals surface area (Å²) >= 11 is 0. The van der Waals surface area contributed by atoms with E-state index in [1.165, 1.54) is 11.1 Å². The van der Waals surface area contributed by atoms with Crippen molar-refractivity contribution in [2.45, 2.75) is 32.4 Å². The summed E-state index contributed by atoms with van der Waals surface area (Å²) in [4.78, 5) is 14.3. The Bertz CT molecular complexity index is 440. The number of hydrogen-bond acceptors (Lipinski definition) is 2. The molecule has 2 saturated heterocycles. The fourth-order valence-electron chi connectivity index (χ4n) is 3.06. The van der Waals surface area contributed by atoms with Gasteiger partial charge in [0.15, 0.2) is 0 Å². The molecule has 0 spiro atoms. The van der Waals surface area contributed by atoms with Crippen LogP contribution in [0, 0.1) is 12.8 Å². The third-order valence-electron chi connectivity index (χ3n) is 4.12. The molecule has 0 bridgehead atoms. The van der Waals surface area contributed by atoms with Gasteiger partial charge < -0.3 is 10.2 Å². The highest BCUT2D eigenvalue weighted by atomic mass is 16.2. The summed E-state index contributed by atoms with van der Waals surface area (Å²) in [5, 5.41) is 3.47. The smallest absolute Gasteiger partial charge is 0.227 e. The van der Waals surface area contributed by atoms with E-state index in [-0.39, 0.29) is 5.92 Å². The predicted molar refractivity (Wildman–Crippen MR) is 71.1 cm³/mol. The SMILES string of the molecule is Cc1ccc(CN2CC3NCCCC3C2=O)cc1. The standard InChI is InChI=1S/C15H20N2O/c1-11-4-6-12(7-5-11)9-17-10-14-13(15(17)18)3-2-8-16-14/h4-7,13-14,16H,2-3,8-10H2,1H3. The molecule has 2 unspecified atom stereocenters. The number of aryl methyl sites for hydroxylation is 1. The van der Waals surface area contributed by atoms with Crippen LogP contribution < -0.4 is 5.32 Å². The van der Waals surface area contributed by atoms with E-state index in [0.29, 0.717) is 11.9 Å². The first-order valence-electron chi connectivity index (χ1n) is 6.82. The van der Waals surface area contributed by atoms with Crippen LogP contribution in [0.15, 0.2) is 24.3 Å². The van der Waals surface area contributed by atoms with Crippen LogP contribution in [-0.4, -0.2) is 29.9 Å². The Kier molecular flexibility index (Phi) is 3.08. The first kappa shape index (κ1) is 11.7. The molecule has 2 aliphatic heterocycles. The number of nitrogens with one attached hydrogen (secondary N) is 1. The molecule has 1 N–H and O–H groups in total. The van der Waals surface area contributed by atoms with Crippen LogP contribution in [-0.2, 0) is 11.3 Å². The molecule has 2 fully saturated rings. The third kappa shape index (κ3) is 2.15. The van der Waals surface area contributed by atoms with Gasteiger partial charge in [-0.25, -0.2) is 0 Å². The summed E-state index contributed by atoms with van der Waals surface area (Å²) in [6, 6.07) is 8.86. The molecule has 0 saturated carbocycles. The summed E-state index contributed by atoms with van der Waals surface area (Å²) in [7, 11) is 0. The van der Waals surface area contributed by atoms with E-state index in [9.17, 15) is 4.79 Å². The van der Waals surface area contributed by atoms with E-state index in [2.05, 4.69) is 36.5 Å². The highest BCUT2D eigenvalue weighted by molar-refractivity contribution is 5.82. The van der Waals surface area contributed by atoms with Gasteiger partial charge in [-0.15, -0.1) is 0 Å². The second kappa shape index (κ2) is 4.73. The molecule has 18 heavy (non-hydrogen) atoms. The number of fused-ring (bicyclic) bond motifs is 1. The van der Waals surface area contributed by atoms with Crippen molar-refractivity contribution in [1.82, 2.24) is 10.2 Å². The Morgan fingerprint density at radius 2 is 2.11 bits per heavy atom. The maximum absolute atomic E-state index is 12.3. The van der Waals surface area contributed by atoms with Gasteiger partial charge in [-0.05, 0) is 31.9 Å². The van der Waals surface area contributed by atoms with Crippen molar-refractivity contribution in [1.29, 1.82) is 0 Å². The number of piperidine rings is 1. The quantitative estimate of drug-likeness (QED) is 0.859. The topological polar surface area (TPSA) is 32.3 Å². The Hall–Kier alpha value is -1.35. The van der Waals surface area contributed by atoms with Crippen molar-refractivity contribution < 1.29 is 4.79 Å². The van der Waals surface area contributed by atoms with Gasteiger partial charge in [0.1, 0.15) is 0 Å². The first-order chi connectivity index (χ1) is 8.74. The lowest BCUT2D eigenvalue weighted by Gasteiger charge is -2.23. The second-order valence-electron chi connectivity index (χ2n) is 5.51. The second-order valence-corrected chi connectivity index (χ2v) is 5.51. The molecule has 3 heteroatoms. The van der Waals surface area contributed by atoms with Crippen molar-refractivity contribution >= 4 is 5.91 Å². The zero-order valence-corrected chi connectivity index (χ0v) is 10.9. The van der Waals surface area contributed by atoms with E-state index in [0.717, 1.165) is 32.5 Å². The zero-order valence-electron chi connectivity index (χ0n) is 10.9. The number of rotatable bonds is 2. The van der Waals surface area contributed by atoms with Gasteiger partial charge in [0.25, 0.3) is 0 Å². The van der Waals surface area contributed by atoms with Crippen LogP contribution in [0.25, 0.3) is 0 Å². The van der Waals surface area contributed by atoms with Gasteiger partial charge in [0, 0.05) is 19.1 Å². The minimum atomic E-state index is 0.226. The molecule has 3 nitrogen and oxygen atoms in total. The van der Waals surface area contributed by atoms with Crippen LogP contribution in [0.1, 0.15) is 24.0 Å². The molecule has 1 aromatic rings. The van der Waals surface area contributed by atoms with Crippen molar-refractivity contribution in [2.24, 2.45) is 5.92 Å². The Balaban J connectivity index is 1.70. The fourth-order valence-corrected chi connectivity index (χ4v) is 3.06. The molecular formula is C15H20N2O. The fraction of sp³-hybridized carbons (Fsp3) is 0.533. The number of amides is 1. The van der Waals surface area contributed by atoms with Gasteiger partial charge >= 0.3 is 0 Å². The van der Waals surface area contributed by atoms with Crippen LogP contribution in [0.5, 0.6) is 0 Å². The maximum Gasteiger partial charge on any atom is 0.227 e. The zero-order chi connectivity index (χ0) is 12.5. The highest BCUT2D eigenvalue weighted by Gasteiger charge is 2.40. The average molecular weight is 244 g/mol. The number of carbonyl (C=O) groups excluding carboxylic acids is 1. The monoisotopic (exact) mass is 244 g/mol. The molecule has 0 radical (unpaired) electrons. The first-order valence-corrected chi connectivity index (χ1v) is 6.82. The number of hydrogen-bond donors (Lipinski definition) is 1. The van der Waals surface area contributed by atoms with Gasteiger partial charge in [-0.2, -0.15) is 0 Å². The van der Waals surface area contributed by atoms with Crippen LogP contribution >= 0.6 is 0 Å². The Morgan fingerprint density at radius 1 is 1.33 bits per heavy atom. The molecule has 96 valence electrons. The number of benzene rings is 1. The molecular weight excluding hydrogens is 224 g/mol. The summed E-state index contributed by atoms with van der Waals surface area (Å²) in [5.41, 5.74) is 2.49. The van der Waals surface area contributed by atoms with Crippen molar-refractivity contribution in [3.63, 3.8) is 0 Å². The third-order valence-corrected chi connectivity index (χ3v) is 4.12. The lowest BCUT2D eigenvalue weighted by molar-refractivity contribution is -0.131. The molecule has 1 aromatic carbocycles. The summed E-state index contributed by atoms with van der Waals surface area (Å²) in [6.45, 7) is 4.78. The number of nitrogens with zero attached hydrogens (tertiary/aromatic N) is 1. The molecule has 2 heterocycles. The predicted octanol–water partition coefficient (Wildman–Crippen LogP) is 1.71. The van der Waals surface area contributed by atoms with E-state index >= 15 is 0 Å². The lowest BCUT2D eigenvalue weighted by atomic mass is 9.94. The molecule has 3 rings (SSSR count). The van der Waals surface area contributed by atoms with Crippen LogP contribution in [0.2, 0.25) is 0 Å². The summed E-state index contributed by atoms with van der Waals surface area (Å²) < 4.78 is 0. The largest absolute Gasteiger partial charge is 0.336 e. The van der Waals surface area contributed by atoms with E-state index in [1.807, 2.05) is 4.90 Å². The van der Waals surface area contributed by atoms with Crippen molar-refractivity contribution in [2.75, 3.05) is 13.1 Å². The molecule has 2 atom stereocenters. The highest BCUT2D eigenvalue weighted by Crippen LogP contribution is 2.27. The normalized spacial score (nSPS) is 27.4. The van der Waals surface area contributed by atoms with Crippen LogP contribution in [0.3, 0.4) is 0 Å². The summed E-state index contributed by atoms with van der Waals surface area (Å²) in [5.74, 6) is 0.567. The van der Waals surface area contributed by atoms with E-state index < -0.39 is 0 Å².